The maximum Gasteiger partial charge on any atom is 0.241 e. The molecule has 23 heavy (non-hydrogen) atoms. The van der Waals surface area contributed by atoms with Crippen LogP contribution in [-0.4, -0.2) is 62.0 Å². The molecule has 2 rings (SSSR count). The highest BCUT2D eigenvalue weighted by Gasteiger charge is 2.29. The van der Waals surface area contributed by atoms with Crippen LogP contribution in [0.5, 0.6) is 0 Å². The molecule has 1 aliphatic rings. The summed E-state index contributed by atoms with van der Waals surface area (Å²) in [4.78, 5) is 14.0. The summed E-state index contributed by atoms with van der Waals surface area (Å²) in [5.41, 5.74) is -0.0852. The Kier molecular flexibility index (Phi) is 5.33. The summed E-state index contributed by atoms with van der Waals surface area (Å²) in [5.74, 6) is -1.98. The van der Waals surface area contributed by atoms with Crippen LogP contribution in [0.1, 0.15) is 6.92 Å². The average molecular weight is 347 g/mol. The minimum absolute atomic E-state index is 0.0852. The first kappa shape index (κ1) is 17.8. The highest BCUT2D eigenvalue weighted by Crippen LogP contribution is 2.16. The third-order valence-corrected chi connectivity index (χ3v) is 5.16. The van der Waals surface area contributed by atoms with Gasteiger partial charge in [-0.15, -0.1) is 0 Å². The molecule has 0 saturated carbocycles. The summed E-state index contributed by atoms with van der Waals surface area (Å²) in [6, 6.07) is 2.37. The topological polar surface area (TPSA) is 69.7 Å². The number of hydrogen-bond donors (Lipinski definition) is 1. The SMILES string of the molecule is C[C@H](C(=O)Nc1ccc(F)cc1F)N1CCN(S(C)(=O)=O)CC1. The zero-order chi connectivity index (χ0) is 17.2. The van der Waals surface area contributed by atoms with Crippen molar-refractivity contribution in [3.63, 3.8) is 0 Å². The smallest absolute Gasteiger partial charge is 0.241 e. The number of nitrogens with zero attached hydrogens (tertiary/aromatic N) is 2. The third-order valence-electron chi connectivity index (χ3n) is 3.86. The van der Waals surface area contributed by atoms with E-state index in [4.69, 9.17) is 0 Å². The van der Waals surface area contributed by atoms with Crippen LogP contribution in [0.2, 0.25) is 0 Å². The van der Waals surface area contributed by atoms with Crippen molar-refractivity contribution in [1.82, 2.24) is 9.21 Å². The zero-order valence-electron chi connectivity index (χ0n) is 12.9. The maximum atomic E-state index is 13.6. The number of benzene rings is 1. The van der Waals surface area contributed by atoms with Crippen LogP contribution in [0, 0.1) is 11.6 Å². The summed E-state index contributed by atoms with van der Waals surface area (Å²) >= 11 is 0. The summed E-state index contributed by atoms with van der Waals surface area (Å²) in [6.07, 6.45) is 1.15. The summed E-state index contributed by atoms with van der Waals surface area (Å²) in [6.45, 7) is 3.09. The molecule has 0 spiro atoms. The Morgan fingerprint density at radius 2 is 1.83 bits per heavy atom. The van der Waals surface area contributed by atoms with Gasteiger partial charge in [0, 0.05) is 32.2 Å². The van der Waals surface area contributed by atoms with Crippen molar-refractivity contribution < 1.29 is 22.0 Å². The Balaban J connectivity index is 1.95. The molecule has 0 bridgehead atoms. The van der Waals surface area contributed by atoms with E-state index in [0.717, 1.165) is 18.4 Å². The van der Waals surface area contributed by atoms with E-state index in [-0.39, 0.29) is 5.69 Å². The molecule has 1 aliphatic heterocycles. The van der Waals surface area contributed by atoms with Crippen LogP contribution < -0.4 is 5.32 Å². The van der Waals surface area contributed by atoms with Crippen LogP contribution in [-0.2, 0) is 14.8 Å². The molecule has 1 saturated heterocycles. The average Bonchev–Trinajstić information content (AvgIpc) is 2.48. The second-order valence-corrected chi connectivity index (χ2v) is 7.47. The molecule has 0 unspecified atom stereocenters. The minimum Gasteiger partial charge on any atom is -0.322 e. The first-order valence-electron chi connectivity index (χ1n) is 7.13. The van der Waals surface area contributed by atoms with Crippen molar-refractivity contribution in [3.8, 4) is 0 Å². The third kappa shape index (κ3) is 4.46. The molecular weight excluding hydrogens is 328 g/mol. The molecule has 0 aliphatic carbocycles. The number of sulfonamides is 1. The molecule has 1 amide bonds. The number of amides is 1. The largest absolute Gasteiger partial charge is 0.322 e. The molecule has 128 valence electrons. The summed E-state index contributed by atoms with van der Waals surface area (Å²) < 4.78 is 50.7. The van der Waals surface area contributed by atoms with Crippen molar-refractivity contribution in [2.24, 2.45) is 0 Å². The lowest BCUT2D eigenvalue weighted by Gasteiger charge is -2.36. The summed E-state index contributed by atoms with van der Waals surface area (Å²) in [5, 5.41) is 2.42. The van der Waals surface area contributed by atoms with Crippen molar-refractivity contribution >= 4 is 21.6 Å². The first-order chi connectivity index (χ1) is 10.7. The van der Waals surface area contributed by atoms with Gasteiger partial charge in [-0.2, -0.15) is 4.31 Å². The Labute approximate surface area is 134 Å². The predicted molar refractivity (Wildman–Crippen MR) is 82.4 cm³/mol. The predicted octanol–water partition coefficient (Wildman–Crippen LogP) is 0.869. The van der Waals surface area contributed by atoms with Gasteiger partial charge in [-0.3, -0.25) is 9.69 Å². The number of piperazine rings is 1. The molecule has 9 heteroatoms. The quantitative estimate of drug-likeness (QED) is 0.877. The Hall–Kier alpha value is -1.58. The maximum absolute atomic E-state index is 13.6. The van der Waals surface area contributed by atoms with E-state index in [9.17, 15) is 22.0 Å². The number of anilines is 1. The van der Waals surface area contributed by atoms with E-state index < -0.39 is 33.6 Å². The van der Waals surface area contributed by atoms with Gasteiger partial charge in [0.1, 0.15) is 11.6 Å². The second kappa shape index (κ2) is 6.90. The monoisotopic (exact) mass is 347 g/mol. The van der Waals surface area contributed by atoms with Gasteiger partial charge in [0.15, 0.2) is 0 Å². The van der Waals surface area contributed by atoms with Crippen molar-refractivity contribution in [2.75, 3.05) is 37.8 Å². The number of carbonyl (C=O) groups excluding carboxylic acids is 1. The number of hydrogen-bond acceptors (Lipinski definition) is 4. The van der Waals surface area contributed by atoms with Gasteiger partial charge < -0.3 is 5.32 Å². The van der Waals surface area contributed by atoms with Crippen LogP contribution in [0.15, 0.2) is 18.2 Å². The van der Waals surface area contributed by atoms with Gasteiger partial charge in [0.2, 0.25) is 15.9 Å². The van der Waals surface area contributed by atoms with Crippen LogP contribution in [0.3, 0.4) is 0 Å². The molecular formula is C14H19F2N3O3S. The lowest BCUT2D eigenvalue weighted by atomic mass is 10.2. The van der Waals surface area contributed by atoms with Gasteiger partial charge >= 0.3 is 0 Å². The zero-order valence-corrected chi connectivity index (χ0v) is 13.7. The van der Waals surface area contributed by atoms with Gasteiger partial charge in [-0.1, -0.05) is 0 Å². The second-order valence-electron chi connectivity index (χ2n) is 5.49. The molecule has 1 N–H and O–H groups in total. The van der Waals surface area contributed by atoms with Crippen LogP contribution >= 0.6 is 0 Å². The first-order valence-corrected chi connectivity index (χ1v) is 8.98. The van der Waals surface area contributed by atoms with Crippen molar-refractivity contribution in [1.29, 1.82) is 0 Å². The molecule has 0 aromatic heterocycles. The molecule has 6 nitrogen and oxygen atoms in total. The van der Waals surface area contributed by atoms with Gasteiger partial charge in [0.05, 0.1) is 18.0 Å². The van der Waals surface area contributed by atoms with E-state index in [2.05, 4.69) is 5.32 Å². The van der Waals surface area contributed by atoms with Gasteiger partial charge in [0.25, 0.3) is 0 Å². The molecule has 1 fully saturated rings. The fourth-order valence-corrected chi connectivity index (χ4v) is 3.24. The molecule has 1 atom stereocenters. The standard InChI is InChI=1S/C14H19F2N3O3S/c1-10(18-5-7-19(8-6-18)23(2,21)22)14(20)17-13-4-3-11(15)9-12(13)16/h3-4,9-10H,5-8H2,1-2H3,(H,17,20)/t10-/m1/s1. The molecule has 1 aromatic carbocycles. The fraction of sp³-hybridized carbons (Fsp3) is 0.500. The number of halogens is 2. The van der Waals surface area contributed by atoms with E-state index in [1.54, 1.807) is 6.92 Å². The van der Waals surface area contributed by atoms with E-state index in [1.165, 1.54) is 4.31 Å². The van der Waals surface area contributed by atoms with Crippen LogP contribution in [0.4, 0.5) is 14.5 Å². The highest BCUT2D eigenvalue weighted by molar-refractivity contribution is 7.88. The van der Waals surface area contributed by atoms with Gasteiger partial charge in [-0.05, 0) is 19.1 Å². The Morgan fingerprint density at radius 3 is 2.35 bits per heavy atom. The van der Waals surface area contributed by atoms with E-state index >= 15 is 0 Å². The molecule has 1 aromatic rings. The highest BCUT2D eigenvalue weighted by atomic mass is 32.2. The Morgan fingerprint density at radius 1 is 1.22 bits per heavy atom. The fourth-order valence-electron chi connectivity index (χ4n) is 2.42. The number of carbonyl (C=O) groups is 1. The van der Waals surface area contributed by atoms with Crippen molar-refractivity contribution in [2.45, 2.75) is 13.0 Å². The number of rotatable bonds is 4. The van der Waals surface area contributed by atoms with Gasteiger partial charge in [-0.25, -0.2) is 17.2 Å². The van der Waals surface area contributed by atoms with E-state index in [0.29, 0.717) is 32.2 Å². The lowest BCUT2D eigenvalue weighted by Crippen LogP contribution is -2.53. The summed E-state index contributed by atoms with van der Waals surface area (Å²) in [7, 11) is -3.23. The van der Waals surface area contributed by atoms with Crippen LogP contribution in [0.25, 0.3) is 0 Å². The molecule has 1 heterocycles. The number of nitrogens with one attached hydrogen (secondary N) is 1. The normalized spacial score (nSPS) is 18.6. The Bertz CT molecular complexity index is 689. The molecule has 0 radical (unpaired) electrons. The van der Waals surface area contributed by atoms with Crippen molar-refractivity contribution in [3.05, 3.63) is 29.8 Å². The minimum atomic E-state index is -3.23. The lowest BCUT2D eigenvalue weighted by molar-refractivity contribution is -0.121. The van der Waals surface area contributed by atoms with E-state index in [1.807, 2.05) is 4.90 Å².